The van der Waals surface area contributed by atoms with Crippen LogP contribution < -0.4 is 15.0 Å². The maximum atomic E-state index is 12.5. The van der Waals surface area contributed by atoms with Crippen LogP contribution in [0.15, 0.2) is 59.3 Å². The Balaban J connectivity index is 2.14. The minimum Gasteiger partial charge on any atom is -0.484 e. The van der Waals surface area contributed by atoms with Gasteiger partial charge in [0.25, 0.3) is 11.8 Å². The molecule has 2 aromatic carbocycles. The van der Waals surface area contributed by atoms with Gasteiger partial charge in [-0.1, -0.05) is 29.4 Å². The molecule has 172 valence electrons. The second-order valence-electron chi connectivity index (χ2n) is 7.04. The molecule has 0 bridgehead atoms. The Labute approximate surface area is 197 Å². The van der Waals surface area contributed by atoms with Gasteiger partial charge >= 0.3 is 0 Å². The van der Waals surface area contributed by atoms with E-state index >= 15 is 0 Å². The molecule has 2 aromatic rings. The van der Waals surface area contributed by atoms with Crippen molar-refractivity contribution in [3.63, 3.8) is 0 Å². The Morgan fingerprint density at radius 3 is 2.41 bits per heavy atom. The monoisotopic (exact) mass is 457 g/mol. The van der Waals surface area contributed by atoms with Gasteiger partial charge in [-0.05, 0) is 53.9 Å². The fourth-order valence-corrected chi connectivity index (χ4v) is 2.99. The zero-order valence-electron chi connectivity index (χ0n) is 18.6. The predicted molar refractivity (Wildman–Crippen MR) is 126 cm³/mol. The van der Waals surface area contributed by atoms with Crippen molar-refractivity contribution in [1.29, 1.82) is 10.5 Å². The molecule has 34 heavy (non-hydrogen) atoms. The number of rotatable bonds is 11. The number of nitrogens with zero attached hydrogens (tertiary/aromatic N) is 6. The fourth-order valence-electron chi connectivity index (χ4n) is 2.99. The van der Waals surface area contributed by atoms with Gasteiger partial charge in [0.1, 0.15) is 11.4 Å². The van der Waals surface area contributed by atoms with E-state index in [1.165, 1.54) is 6.08 Å². The molecule has 2 rings (SSSR count). The zero-order chi connectivity index (χ0) is 24.8. The van der Waals surface area contributed by atoms with E-state index in [0.29, 0.717) is 37.2 Å². The summed E-state index contributed by atoms with van der Waals surface area (Å²) in [4.78, 5) is 29.2. The lowest BCUT2D eigenvalue weighted by Crippen LogP contribution is -2.34. The number of nitriles is 2. The maximum absolute atomic E-state index is 12.5. The predicted octanol–water partition coefficient (Wildman–Crippen LogP) is 4.00. The van der Waals surface area contributed by atoms with Gasteiger partial charge in [0.05, 0.1) is 25.0 Å². The molecule has 1 N–H and O–H groups in total. The van der Waals surface area contributed by atoms with Gasteiger partial charge in [0.15, 0.2) is 6.61 Å². The summed E-state index contributed by atoms with van der Waals surface area (Å²) in [6.07, 6.45) is 2.01. The third-order valence-electron chi connectivity index (χ3n) is 4.65. The molecule has 0 aliphatic rings. The first-order valence-corrected chi connectivity index (χ1v) is 10.4. The summed E-state index contributed by atoms with van der Waals surface area (Å²) >= 11 is 0. The number of aryl methyl sites for hydroxylation is 1. The Morgan fingerprint density at radius 1 is 1.15 bits per heavy atom. The Hall–Kier alpha value is -4.79. The molecule has 2 amide bonds. The highest BCUT2D eigenvalue weighted by molar-refractivity contribution is 6.06. The van der Waals surface area contributed by atoms with Gasteiger partial charge in [-0.15, -0.1) is 0 Å². The summed E-state index contributed by atoms with van der Waals surface area (Å²) in [5, 5.41) is 23.3. The molecular formula is C24H23N7O3. The highest BCUT2D eigenvalue weighted by Crippen LogP contribution is 2.22. The number of carbonyl (C=O) groups is 2. The van der Waals surface area contributed by atoms with E-state index in [2.05, 4.69) is 27.5 Å². The third kappa shape index (κ3) is 8.04. The highest BCUT2D eigenvalue weighted by Gasteiger charge is 2.14. The molecule has 0 unspecified atom stereocenters. The second kappa shape index (κ2) is 13.6. The molecule has 0 aromatic heterocycles. The molecule has 0 fully saturated rings. The minimum atomic E-state index is -0.854. The van der Waals surface area contributed by atoms with E-state index in [4.69, 9.17) is 20.8 Å². The van der Waals surface area contributed by atoms with Crippen LogP contribution in [0.2, 0.25) is 0 Å². The van der Waals surface area contributed by atoms with Crippen molar-refractivity contribution < 1.29 is 14.3 Å². The molecule has 0 heterocycles. The number of hydrogen-bond donors (Lipinski definition) is 1. The number of amides is 2. The number of hydrogen-bond acceptors (Lipinski definition) is 7. The molecule has 0 spiro atoms. The maximum Gasteiger partial charge on any atom is 0.264 e. The number of benzene rings is 2. The second-order valence-corrected chi connectivity index (χ2v) is 7.04. The number of azide groups is 1. The standard InChI is InChI=1S/C24H23N7O3/c1-18-15-20(31(13-5-11-25)14-6-12-26)10-9-19(18)16-22(29-30-27)24(33)28-23(32)17-34-21-7-3-2-4-8-21/h2-4,7-10,15-16H,5-6,13-14,17H2,1H3,(H,28,32,33)/b22-16-. The largest absolute Gasteiger partial charge is 0.484 e. The number of anilines is 1. The topological polar surface area (TPSA) is 155 Å². The van der Waals surface area contributed by atoms with E-state index < -0.39 is 11.8 Å². The fraction of sp³-hybridized carbons (Fsp3) is 0.250. The third-order valence-corrected chi connectivity index (χ3v) is 4.65. The van der Waals surface area contributed by atoms with Crippen LogP contribution in [-0.2, 0) is 9.59 Å². The van der Waals surface area contributed by atoms with Crippen LogP contribution in [0.1, 0.15) is 24.0 Å². The lowest BCUT2D eigenvalue weighted by Gasteiger charge is -2.23. The van der Waals surface area contributed by atoms with Crippen molar-refractivity contribution in [2.45, 2.75) is 19.8 Å². The smallest absolute Gasteiger partial charge is 0.264 e. The van der Waals surface area contributed by atoms with Crippen LogP contribution in [0.5, 0.6) is 5.75 Å². The summed E-state index contributed by atoms with van der Waals surface area (Å²) in [6.45, 7) is 2.39. The van der Waals surface area contributed by atoms with Crippen LogP contribution in [0.4, 0.5) is 5.69 Å². The van der Waals surface area contributed by atoms with Crippen LogP contribution in [0.3, 0.4) is 0 Å². The van der Waals surface area contributed by atoms with Crippen molar-refractivity contribution in [3.8, 4) is 17.9 Å². The first-order valence-electron chi connectivity index (χ1n) is 10.4. The van der Waals surface area contributed by atoms with Crippen LogP contribution in [0.25, 0.3) is 16.5 Å². The van der Waals surface area contributed by atoms with Gasteiger partial charge in [-0.25, -0.2) is 0 Å². The van der Waals surface area contributed by atoms with Crippen LogP contribution in [0, 0.1) is 29.6 Å². The van der Waals surface area contributed by atoms with E-state index in [0.717, 1.165) is 11.3 Å². The molecular weight excluding hydrogens is 434 g/mol. The molecule has 0 aliphatic heterocycles. The number of nitrogens with one attached hydrogen (secondary N) is 1. The van der Waals surface area contributed by atoms with Gasteiger partial charge in [0, 0.05) is 23.7 Å². The number of ether oxygens (including phenoxy) is 1. The quantitative estimate of drug-likeness (QED) is 0.233. The van der Waals surface area contributed by atoms with E-state index in [1.54, 1.807) is 42.5 Å². The summed E-state index contributed by atoms with van der Waals surface area (Å²) < 4.78 is 5.31. The van der Waals surface area contributed by atoms with Gasteiger partial charge in [0.2, 0.25) is 0 Å². The average molecular weight is 457 g/mol. The molecule has 0 saturated carbocycles. The van der Waals surface area contributed by atoms with Crippen molar-refractivity contribution in [2.75, 3.05) is 24.6 Å². The van der Waals surface area contributed by atoms with E-state index in [-0.39, 0.29) is 12.3 Å². The van der Waals surface area contributed by atoms with Crippen molar-refractivity contribution in [3.05, 3.63) is 75.8 Å². The Bertz CT molecular complexity index is 1160. The van der Waals surface area contributed by atoms with Crippen LogP contribution in [-0.4, -0.2) is 31.5 Å². The van der Waals surface area contributed by atoms with E-state index in [9.17, 15) is 9.59 Å². The molecule has 0 aliphatic carbocycles. The van der Waals surface area contributed by atoms with Gasteiger partial charge < -0.3 is 9.64 Å². The SMILES string of the molecule is Cc1cc(N(CCC#N)CCC#N)ccc1/C=C(\N=[N+]=[N-])C(=O)NC(=O)COc1ccccc1. The number of para-hydroxylation sites is 1. The number of carbonyl (C=O) groups excluding carboxylic acids is 2. The van der Waals surface area contributed by atoms with Gasteiger partial charge in [-0.3, -0.25) is 14.9 Å². The molecule has 10 heteroatoms. The van der Waals surface area contributed by atoms with Crippen molar-refractivity contribution >= 4 is 23.6 Å². The summed E-state index contributed by atoms with van der Waals surface area (Å²) in [7, 11) is 0. The number of imide groups is 1. The normalized spacial score (nSPS) is 10.3. The lowest BCUT2D eigenvalue weighted by molar-refractivity contribution is -0.129. The summed E-state index contributed by atoms with van der Waals surface area (Å²) in [5.41, 5.74) is 10.8. The van der Waals surface area contributed by atoms with E-state index in [1.807, 2.05) is 17.9 Å². The minimum absolute atomic E-state index is 0.280. The van der Waals surface area contributed by atoms with Crippen molar-refractivity contribution in [1.82, 2.24) is 5.32 Å². The highest BCUT2D eigenvalue weighted by atomic mass is 16.5. The van der Waals surface area contributed by atoms with Gasteiger partial charge in [-0.2, -0.15) is 10.5 Å². The lowest BCUT2D eigenvalue weighted by atomic mass is 10.1. The summed E-state index contributed by atoms with van der Waals surface area (Å²) in [5.74, 6) is -1.07. The molecule has 10 nitrogen and oxygen atoms in total. The average Bonchev–Trinajstić information content (AvgIpc) is 2.84. The zero-order valence-corrected chi connectivity index (χ0v) is 18.6. The molecule has 0 atom stereocenters. The first kappa shape index (κ1) is 25.5. The van der Waals surface area contributed by atoms with Crippen LogP contribution >= 0.6 is 0 Å². The van der Waals surface area contributed by atoms with Crippen molar-refractivity contribution in [2.24, 2.45) is 5.11 Å². The first-order chi connectivity index (χ1) is 16.5. The molecule has 0 saturated heterocycles. The summed E-state index contributed by atoms with van der Waals surface area (Å²) in [6, 6.07) is 18.2. The molecule has 0 radical (unpaired) electrons. The Morgan fingerprint density at radius 2 is 1.82 bits per heavy atom. The Kier molecular flexibility index (Phi) is 10.2.